The van der Waals surface area contributed by atoms with Crippen LogP contribution in [0.1, 0.15) is 89.9 Å². The molecule has 0 N–H and O–H groups in total. The molecule has 0 aromatic rings. The van der Waals surface area contributed by atoms with Crippen molar-refractivity contribution in [1.82, 2.24) is 4.90 Å². The Morgan fingerprint density at radius 1 is 0.760 bits per heavy atom. The SMILES string of the molecule is COC1CCCC(C(=O)N(C)C2CCC(C3CCCCC3)CC2)CC1. The van der Waals surface area contributed by atoms with Gasteiger partial charge in [-0.3, -0.25) is 4.79 Å². The number of hydrogen-bond donors (Lipinski definition) is 0. The molecule has 2 unspecified atom stereocenters. The predicted octanol–water partition coefficient (Wildman–Crippen LogP) is 5.18. The molecule has 0 bridgehead atoms. The molecule has 3 aliphatic rings. The standard InChI is InChI=1S/C22H39NO2/c1-23(22(24)19-9-6-10-21(25-2)16-13-19)20-14-11-18(12-15-20)17-7-4-3-5-8-17/h17-21H,3-16H2,1-2H3. The number of methoxy groups -OCH3 is 1. The van der Waals surface area contributed by atoms with Crippen molar-refractivity contribution in [2.75, 3.05) is 14.2 Å². The molecule has 2 atom stereocenters. The van der Waals surface area contributed by atoms with E-state index < -0.39 is 0 Å². The minimum atomic E-state index is 0.237. The van der Waals surface area contributed by atoms with Crippen molar-refractivity contribution in [3.63, 3.8) is 0 Å². The number of carbonyl (C=O) groups is 1. The van der Waals surface area contributed by atoms with E-state index in [2.05, 4.69) is 11.9 Å². The highest BCUT2D eigenvalue weighted by atomic mass is 16.5. The Morgan fingerprint density at radius 3 is 2.12 bits per heavy atom. The molecule has 0 heterocycles. The van der Waals surface area contributed by atoms with Crippen molar-refractivity contribution in [3.05, 3.63) is 0 Å². The lowest BCUT2D eigenvalue weighted by molar-refractivity contribution is -0.137. The van der Waals surface area contributed by atoms with E-state index in [-0.39, 0.29) is 5.92 Å². The Balaban J connectivity index is 1.46. The summed E-state index contributed by atoms with van der Waals surface area (Å²) in [5, 5.41) is 0. The molecule has 25 heavy (non-hydrogen) atoms. The van der Waals surface area contributed by atoms with Crippen LogP contribution in [0.4, 0.5) is 0 Å². The van der Waals surface area contributed by atoms with Gasteiger partial charge in [-0.25, -0.2) is 0 Å². The van der Waals surface area contributed by atoms with E-state index in [9.17, 15) is 4.79 Å². The first-order chi connectivity index (χ1) is 12.2. The van der Waals surface area contributed by atoms with Crippen LogP contribution in [-0.2, 0) is 9.53 Å². The maximum atomic E-state index is 13.0. The van der Waals surface area contributed by atoms with Crippen molar-refractivity contribution in [1.29, 1.82) is 0 Å². The van der Waals surface area contributed by atoms with Gasteiger partial charge in [0.05, 0.1) is 6.10 Å². The van der Waals surface area contributed by atoms with Crippen molar-refractivity contribution in [3.8, 4) is 0 Å². The lowest BCUT2D eigenvalue weighted by atomic mass is 9.72. The normalized spacial score (nSPS) is 35.1. The number of hydrogen-bond acceptors (Lipinski definition) is 2. The number of nitrogens with zero attached hydrogens (tertiary/aromatic N) is 1. The van der Waals surface area contributed by atoms with Gasteiger partial charge >= 0.3 is 0 Å². The Hall–Kier alpha value is -0.570. The lowest BCUT2D eigenvalue weighted by Gasteiger charge is -2.39. The van der Waals surface area contributed by atoms with Gasteiger partial charge in [-0.1, -0.05) is 38.5 Å². The smallest absolute Gasteiger partial charge is 0.225 e. The van der Waals surface area contributed by atoms with Crippen LogP contribution in [0.5, 0.6) is 0 Å². The van der Waals surface area contributed by atoms with E-state index in [1.54, 1.807) is 0 Å². The van der Waals surface area contributed by atoms with Crippen molar-refractivity contribution < 1.29 is 9.53 Å². The van der Waals surface area contributed by atoms with Gasteiger partial charge in [-0.2, -0.15) is 0 Å². The van der Waals surface area contributed by atoms with E-state index in [1.165, 1.54) is 57.8 Å². The Morgan fingerprint density at radius 2 is 1.44 bits per heavy atom. The van der Waals surface area contributed by atoms with E-state index in [1.807, 2.05) is 7.11 Å². The topological polar surface area (TPSA) is 29.5 Å². The second-order valence-corrected chi connectivity index (χ2v) is 8.98. The van der Waals surface area contributed by atoms with Gasteiger partial charge in [-0.05, 0) is 63.2 Å². The van der Waals surface area contributed by atoms with Crippen LogP contribution in [0.3, 0.4) is 0 Å². The third-order valence-electron chi connectivity index (χ3n) is 7.55. The van der Waals surface area contributed by atoms with Gasteiger partial charge in [-0.15, -0.1) is 0 Å². The van der Waals surface area contributed by atoms with E-state index in [4.69, 9.17) is 4.74 Å². The summed E-state index contributed by atoms with van der Waals surface area (Å²) >= 11 is 0. The van der Waals surface area contributed by atoms with Crippen LogP contribution in [-0.4, -0.2) is 37.1 Å². The summed E-state index contributed by atoms with van der Waals surface area (Å²) in [5.74, 6) is 2.59. The number of rotatable bonds is 4. The lowest BCUT2D eigenvalue weighted by Crippen LogP contribution is -2.43. The fourth-order valence-corrected chi connectivity index (χ4v) is 5.78. The van der Waals surface area contributed by atoms with Gasteiger partial charge in [0, 0.05) is 26.1 Å². The van der Waals surface area contributed by atoms with Crippen LogP contribution in [0.15, 0.2) is 0 Å². The Bertz CT molecular complexity index is 410. The van der Waals surface area contributed by atoms with Gasteiger partial charge in [0.1, 0.15) is 0 Å². The summed E-state index contributed by atoms with van der Waals surface area (Å²) < 4.78 is 5.52. The first kappa shape index (κ1) is 19.2. The molecule has 0 radical (unpaired) electrons. The molecule has 3 aliphatic carbocycles. The maximum absolute atomic E-state index is 13.0. The Kier molecular flexibility index (Phi) is 7.21. The molecule has 3 heteroatoms. The largest absolute Gasteiger partial charge is 0.381 e. The minimum absolute atomic E-state index is 0.237. The predicted molar refractivity (Wildman–Crippen MR) is 102 cm³/mol. The summed E-state index contributed by atoms with van der Waals surface area (Å²) in [5.41, 5.74) is 0. The molecule has 3 rings (SSSR count). The molecule has 1 amide bonds. The fraction of sp³-hybridized carbons (Fsp3) is 0.955. The second-order valence-electron chi connectivity index (χ2n) is 8.98. The molecule has 3 nitrogen and oxygen atoms in total. The van der Waals surface area contributed by atoms with Crippen LogP contribution in [0.2, 0.25) is 0 Å². The molecule has 0 saturated heterocycles. The molecule has 3 fully saturated rings. The quantitative estimate of drug-likeness (QED) is 0.655. The van der Waals surface area contributed by atoms with Crippen molar-refractivity contribution in [2.45, 2.75) is 102 Å². The molecule has 0 spiro atoms. The zero-order chi connectivity index (χ0) is 17.6. The second kappa shape index (κ2) is 9.39. The average molecular weight is 350 g/mol. The third-order valence-corrected chi connectivity index (χ3v) is 7.55. The molecule has 144 valence electrons. The Labute approximate surface area is 154 Å². The van der Waals surface area contributed by atoms with Crippen LogP contribution in [0, 0.1) is 17.8 Å². The van der Waals surface area contributed by atoms with Crippen LogP contribution >= 0.6 is 0 Å². The minimum Gasteiger partial charge on any atom is -0.381 e. The maximum Gasteiger partial charge on any atom is 0.225 e. The molecular weight excluding hydrogens is 310 g/mol. The third kappa shape index (κ3) is 4.99. The zero-order valence-electron chi connectivity index (χ0n) is 16.5. The molecule has 0 aromatic heterocycles. The first-order valence-electron chi connectivity index (χ1n) is 11.0. The highest BCUT2D eigenvalue weighted by Gasteiger charge is 2.33. The molecule has 0 aromatic carbocycles. The van der Waals surface area contributed by atoms with Crippen molar-refractivity contribution >= 4 is 5.91 Å². The highest BCUT2D eigenvalue weighted by Crippen LogP contribution is 2.39. The molecule has 0 aliphatic heterocycles. The number of carbonyl (C=O) groups excluding carboxylic acids is 1. The van der Waals surface area contributed by atoms with Crippen LogP contribution in [0.25, 0.3) is 0 Å². The molecular formula is C22H39NO2. The summed E-state index contributed by atoms with van der Waals surface area (Å²) in [7, 11) is 3.89. The van der Waals surface area contributed by atoms with E-state index >= 15 is 0 Å². The zero-order valence-corrected chi connectivity index (χ0v) is 16.5. The van der Waals surface area contributed by atoms with E-state index in [0.717, 1.165) is 43.9 Å². The average Bonchev–Trinajstić information content (AvgIpc) is 2.93. The van der Waals surface area contributed by atoms with Gasteiger partial charge in [0.2, 0.25) is 5.91 Å². The molecule has 3 saturated carbocycles. The van der Waals surface area contributed by atoms with Gasteiger partial charge in [0.25, 0.3) is 0 Å². The summed E-state index contributed by atoms with van der Waals surface area (Å²) in [6.45, 7) is 0. The van der Waals surface area contributed by atoms with Crippen molar-refractivity contribution in [2.24, 2.45) is 17.8 Å². The summed E-state index contributed by atoms with van der Waals surface area (Å²) in [6, 6.07) is 0.494. The summed E-state index contributed by atoms with van der Waals surface area (Å²) in [4.78, 5) is 15.1. The highest BCUT2D eigenvalue weighted by molar-refractivity contribution is 5.78. The van der Waals surface area contributed by atoms with E-state index in [0.29, 0.717) is 18.1 Å². The van der Waals surface area contributed by atoms with Crippen LogP contribution < -0.4 is 0 Å². The number of ether oxygens (including phenoxy) is 1. The van der Waals surface area contributed by atoms with Gasteiger partial charge < -0.3 is 9.64 Å². The summed E-state index contributed by atoms with van der Waals surface area (Å²) in [6.07, 6.45) is 18.2. The first-order valence-corrected chi connectivity index (χ1v) is 11.0. The van der Waals surface area contributed by atoms with Gasteiger partial charge in [0.15, 0.2) is 0 Å². The monoisotopic (exact) mass is 349 g/mol. The number of amides is 1. The fourth-order valence-electron chi connectivity index (χ4n) is 5.78.